The van der Waals surface area contributed by atoms with Crippen LogP contribution in [0.2, 0.25) is 0 Å². The van der Waals surface area contributed by atoms with Crippen molar-refractivity contribution in [3.63, 3.8) is 0 Å². The summed E-state index contributed by atoms with van der Waals surface area (Å²) in [5, 5.41) is 0. The number of hydrogen-bond acceptors (Lipinski definition) is 6. The average Bonchev–Trinajstić information content (AvgIpc) is 2.12. The van der Waals surface area contributed by atoms with Crippen molar-refractivity contribution in [1.82, 2.24) is 0 Å². The van der Waals surface area contributed by atoms with E-state index in [1.165, 1.54) is 0 Å². The topological polar surface area (TPSA) is 139 Å². The van der Waals surface area contributed by atoms with Crippen molar-refractivity contribution in [2.24, 2.45) is 29.2 Å². The molecule has 0 bridgehead atoms. The minimum atomic E-state index is -1.00. The van der Waals surface area contributed by atoms with Gasteiger partial charge in [-0.3, -0.25) is 0 Å². The van der Waals surface area contributed by atoms with Crippen LogP contribution in [0.3, 0.4) is 0 Å². The molecule has 0 saturated heterocycles. The summed E-state index contributed by atoms with van der Waals surface area (Å²) in [6, 6.07) is 0. The van der Waals surface area contributed by atoms with Crippen LogP contribution in [0, 0.1) is 0 Å². The van der Waals surface area contributed by atoms with Gasteiger partial charge in [0.25, 0.3) is 0 Å². The van der Waals surface area contributed by atoms with Gasteiger partial charge < -0.3 is 0 Å². The molecule has 0 aliphatic rings. The lowest BCUT2D eigenvalue weighted by atomic mass is 10.1. The molecule has 0 atom stereocenters. The van der Waals surface area contributed by atoms with Gasteiger partial charge in [0.05, 0.1) is 0 Å². The summed E-state index contributed by atoms with van der Waals surface area (Å²) in [5.41, 5.74) is -1.00. The maximum absolute atomic E-state index is 5.78. The normalized spacial score (nSPS) is 14.2. The highest BCUT2D eigenvalue weighted by molar-refractivity contribution is 4.61. The second-order valence-corrected chi connectivity index (χ2v) is 4.16. The fraction of sp³-hybridized carbons (Fsp3) is 1.00. The summed E-state index contributed by atoms with van der Waals surface area (Å²) < 4.78 is 0. The molecule has 0 fully saturated rings. The Morgan fingerprint density at radius 2 is 1.38 bits per heavy atom. The van der Waals surface area contributed by atoms with Crippen molar-refractivity contribution in [2.45, 2.75) is 45.8 Å². The van der Waals surface area contributed by atoms with E-state index in [9.17, 15) is 0 Å². The maximum Gasteiger partial charge on any atom is 0.310 e. The van der Waals surface area contributed by atoms with Crippen molar-refractivity contribution in [1.29, 1.82) is 0 Å². The molecule has 0 aromatic carbocycles. The van der Waals surface area contributed by atoms with Gasteiger partial charge in [0.1, 0.15) is 6.54 Å². The smallest absolute Gasteiger partial charge is 0.139 e. The Morgan fingerprint density at radius 3 is 1.62 bits per heavy atom. The molecule has 16 heavy (non-hydrogen) atoms. The first-order valence-electron chi connectivity index (χ1n) is 5.55. The van der Waals surface area contributed by atoms with Crippen LogP contribution >= 0.6 is 0 Å². The summed E-state index contributed by atoms with van der Waals surface area (Å²) in [5.74, 6) is 28.6. The van der Waals surface area contributed by atoms with Crippen LogP contribution in [0.25, 0.3) is 0 Å². The molecule has 0 spiro atoms. The fourth-order valence-electron chi connectivity index (χ4n) is 1.71. The predicted molar refractivity (Wildman–Crippen MR) is 61.0 cm³/mol. The van der Waals surface area contributed by atoms with Crippen molar-refractivity contribution in [3.8, 4) is 0 Å². The van der Waals surface area contributed by atoms with Gasteiger partial charge in [-0.05, 0) is 4.86 Å². The first-order valence-corrected chi connectivity index (χ1v) is 5.55. The van der Waals surface area contributed by atoms with Crippen molar-refractivity contribution >= 4 is 0 Å². The Balaban J connectivity index is 4.95. The molecule has 8 nitrogen and oxygen atoms in total. The largest absolute Gasteiger partial charge is 0.310 e. The summed E-state index contributed by atoms with van der Waals surface area (Å²) in [6.07, 6.45) is 1.78. The minimum absolute atomic E-state index is 0.446. The molecule has 0 aliphatic heterocycles. The Morgan fingerprint density at radius 1 is 0.938 bits per heavy atom. The number of hydroxylamine groups is 1. The number of hydrogen-bond donors (Lipinski definition) is 5. The highest BCUT2D eigenvalue weighted by atomic mass is 16.8. The van der Waals surface area contributed by atoms with Crippen LogP contribution in [0.5, 0.6) is 0 Å². The third kappa shape index (κ3) is 3.61. The van der Waals surface area contributed by atoms with E-state index in [1.807, 2.05) is 20.8 Å². The molecule has 0 aliphatic carbocycles. The second-order valence-electron chi connectivity index (χ2n) is 4.16. The van der Waals surface area contributed by atoms with E-state index in [0.29, 0.717) is 19.4 Å². The number of nitrogens with zero attached hydrogens (tertiary/aromatic N) is 2. The third-order valence-electron chi connectivity index (χ3n) is 2.72. The Hall–Kier alpha value is -0.320. The van der Waals surface area contributed by atoms with Crippen LogP contribution < -0.4 is 29.2 Å². The van der Waals surface area contributed by atoms with Crippen molar-refractivity contribution in [2.75, 3.05) is 6.54 Å². The van der Waals surface area contributed by atoms with Gasteiger partial charge in [-0.15, -0.1) is 29.2 Å². The van der Waals surface area contributed by atoms with E-state index in [4.69, 9.17) is 34.1 Å². The predicted octanol–water partition coefficient (Wildman–Crippen LogP) is -1.15. The van der Waals surface area contributed by atoms with Crippen LogP contribution in [-0.2, 0) is 4.84 Å². The molecule has 10 N–H and O–H groups in total. The summed E-state index contributed by atoms with van der Waals surface area (Å²) >= 11 is 0. The van der Waals surface area contributed by atoms with Crippen LogP contribution in [-0.4, -0.2) is 21.9 Å². The number of quaternary nitrogens is 2. The van der Waals surface area contributed by atoms with Gasteiger partial charge >= 0.3 is 5.72 Å². The highest BCUT2D eigenvalue weighted by Crippen LogP contribution is 2.25. The zero-order chi connectivity index (χ0) is 13.0. The third-order valence-corrected chi connectivity index (χ3v) is 2.72. The number of nitrogens with two attached hydrogens (primary N) is 5. The molecular weight excluding hydrogens is 210 g/mol. The molecule has 0 saturated carbocycles. The van der Waals surface area contributed by atoms with Crippen LogP contribution in [0.15, 0.2) is 0 Å². The van der Waals surface area contributed by atoms with E-state index >= 15 is 0 Å². The first kappa shape index (κ1) is 15.7. The Labute approximate surface area is 96.9 Å². The van der Waals surface area contributed by atoms with Crippen molar-refractivity contribution in [3.05, 3.63) is 0 Å². The standard InChI is InChI=1S/C8H27N7O/c1-4-7-14(9,10)16-8(5-2,6-3)15(11,12)13/h4-7,9-13H2,1-3H3/q+2. The summed E-state index contributed by atoms with van der Waals surface area (Å²) in [7, 11) is 0. The molecule has 0 amide bonds. The molecule has 0 radical (unpaired) electrons. The monoisotopic (exact) mass is 237 g/mol. The average molecular weight is 237 g/mol. The molecular formula is C8H27N7O+2. The molecule has 0 aromatic heterocycles. The fourth-order valence-corrected chi connectivity index (χ4v) is 1.71. The maximum atomic E-state index is 5.78. The lowest BCUT2D eigenvalue weighted by Crippen LogP contribution is -2.81. The first-order chi connectivity index (χ1) is 7.14. The van der Waals surface area contributed by atoms with Crippen molar-refractivity contribution < 1.29 is 14.5 Å². The summed E-state index contributed by atoms with van der Waals surface area (Å²) in [6.45, 7) is 6.14. The quantitative estimate of drug-likeness (QED) is 0.164. The molecule has 0 rings (SSSR count). The van der Waals surface area contributed by atoms with E-state index in [0.717, 1.165) is 6.42 Å². The van der Waals surface area contributed by atoms with Crippen LogP contribution in [0.1, 0.15) is 40.0 Å². The Bertz CT molecular complexity index is 209. The number of rotatable bonds is 7. The Kier molecular flexibility index (Phi) is 5.23. The van der Waals surface area contributed by atoms with Gasteiger partial charge in [-0.25, -0.2) is 0 Å². The SMILES string of the molecule is CCC[N+](N)(N)OC(CC)(CC)[N+](N)(N)N. The van der Waals surface area contributed by atoms with Crippen LogP contribution in [0.4, 0.5) is 0 Å². The summed E-state index contributed by atoms with van der Waals surface area (Å²) in [4.78, 5) is 4.22. The molecule has 98 valence electrons. The van der Waals surface area contributed by atoms with E-state index in [-0.39, 0.29) is 0 Å². The molecule has 0 heterocycles. The zero-order valence-electron chi connectivity index (χ0n) is 10.5. The highest BCUT2D eigenvalue weighted by Gasteiger charge is 2.52. The second kappa shape index (κ2) is 5.34. The van der Waals surface area contributed by atoms with Gasteiger partial charge in [0, 0.05) is 19.3 Å². The molecule has 0 unspecified atom stereocenters. The lowest BCUT2D eigenvalue weighted by molar-refractivity contribution is -1.19. The van der Waals surface area contributed by atoms with E-state index in [2.05, 4.69) is 0 Å². The van der Waals surface area contributed by atoms with Gasteiger partial charge in [-0.2, -0.15) is 0 Å². The molecule has 8 heteroatoms. The van der Waals surface area contributed by atoms with Gasteiger partial charge in [-0.1, -0.05) is 30.4 Å². The minimum Gasteiger partial charge on any atom is -0.139 e. The molecule has 0 aromatic rings. The van der Waals surface area contributed by atoms with E-state index < -0.39 is 15.4 Å². The van der Waals surface area contributed by atoms with E-state index in [1.54, 1.807) is 0 Å². The zero-order valence-corrected chi connectivity index (χ0v) is 10.5. The lowest BCUT2D eigenvalue weighted by Gasteiger charge is -2.41. The van der Waals surface area contributed by atoms with Gasteiger partial charge in [0.15, 0.2) is 0 Å². The van der Waals surface area contributed by atoms with Gasteiger partial charge in [0.2, 0.25) is 0 Å².